The Kier molecular flexibility index (Phi) is 6.14. The summed E-state index contributed by atoms with van der Waals surface area (Å²) in [6, 6.07) is -0.0402. The van der Waals surface area contributed by atoms with E-state index in [0.29, 0.717) is 0 Å². The predicted molar refractivity (Wildman–Crippen MR) is 51.1 cm³/mol. The first kappa shape index (κ1) is 12.1. The van der Waals surface area contributed by atoms with Crippen molar-refractivity contribution in [1.29, 1.82) is 5.41 Å². The van der Waals surface area contributed by atoms with Crippen LogP contribution in [0.25, 0.3) is 0 Å². The van der Waals surface area contributed by atoms with Gasteiger partial charge in [0, 0.05) is 6.21 Å². The van der Waals surface area contributed by atoms with Gasteiger partial charge in [0.2, 0.25) is 0 Å². The van der Waals surface area contributed by atoms with Crippen molar-refractivity contribution in [2.24, 2.45) is 5.92 Å². The van der Waals surface area contributed by atoms with Crippen LogP contribution in [-0.2, 0) is 4.79 Å². The van der Waals surface area contributed by atoms with E-state index in [4.69, 9.17) is 10.5 Å². The number of rotatable bonds is 7. The highest BCUT2D eigenvalue weighted by Crippen LogP contribution is 1.95. The van der Waals surface area contributed by atoms with Crippen molar-refractivity contribution < 1.29 is 15.2 Å². The maximum absolute atomic E-state index is 10.6. The van der Waals surface area contributed by atoms with Crippen LogP contribution < -0.4 is 5.32 Å². The fourth-order valence-electron chi connectivity index (χ4n) is 1.18. The van der Waals surface area contributed by atoms with Gasteiger partial charge in [-0.1, -0.05) is 13.3 Å². The second kappa shape index (κ2) is 6.60. The molecule has 0 rings (SSSR count). The molecule has 0 radical (unpaired) electrons. The van der Waals surface area contributed by atoms with Crippen LogP contribution in [0.2, 0.25) is 0 Å². The molecule has 0 bridgehead atoms. The van der Waals surface area contributed by atoms with Crippen LogP contribution in [0.1, 0.15) is 26.7 Å². The van der Waals surface area contributed by atoms with E-state index in [1.54, 1.807) is 0 Å². The largest absolute Gasteiger partial charge is 0.481 e. The average molecular weight is 187 g/mol. The number of nitrogens with two attached hydrogens (primary N) is 1. The standard InChI is InChI=1S/C9H18N2O2/c1-3-4-5-11-7(2)8(6-10)9(12)13/h6-8,10-11H,3-5H2,1-2H3,(H,12,13)/p+1/t7?,8-/m1/s1. The summed E-state index contributed by atoms with van der Waals surface area (Å²) in [6.45, 7) is 4.89. The number of carboxylic acid groups (broad SMARTS) is 1. The van der Waals surface area contributed by atoms with E-state index in [-0.39, 0.29) is 6.04 Å². The van der Waals surface area contributed by atoms with E-state index in [9.17, 15) is 4.79 Å². The Morgan fingerprint density at radius 2 is 2.31 bits per heavy atom. The molecule has 13 heavy (non-hydrogen) atoms. The van der Waals surface area contributed by atoms with Gasteiger partial charge in [-0.2, -0.15) is 0 Å². The van der Waals surface area contributed by atoms with Crippen LogP contribution in [-0.4, -0.2) is 29.9 Å². The molecule has 2 atom stereocenters. The lowest BCUT2D eigenvalue weighted by Crippen LogP contribution is -2.91. The van der Waals surface area contributed by atoms with Crippen molar-refractivity contribution in [3.8, 4) is 0 Å². The van der Waals surface area contributed by atoms with E-state index < -0.39 is 11.9 Å². The molecule has 0 aliphatic heterocycles. The van der Waals surface area contributed by atoms with Crippen molar-refractivity contribution in [2.75, 3.05) is 6.54 Å². The highest BCUT2D eigenvalue weighted by molar-refractivity contribution is 5.87. The second-order valence-electron chi connectivity index (χ2n) is 3.27. The summed E-state index contributed by atoms with van der Waals surface area (Å²) in [5.41, 5.74) is 0. The van der Waals surface area contributed by atoms with Crippen molar-refractivity contribution in [3.63, 3.8) is 0 Å². The van der Waals surface area contributed by atoms with Gasteiger partial charge in [0.1, 0.15) is 12.0 Å². The summed E-state index contributed by atoms with van der Waals surface area (Å²) < 4.78 is 0. The van der Waals surface area contributed by atoms with Crippen molar-refractivity contribution in [3.05, 3.63) is 0 Å². The molecule has 0 saturated heterocycles. The van der Waals surface area contributed by atoms with Gasteiger partial charge in [-0.3, -0.25) is 4.79 Å². The Hall–Kier alpha value is -0.900. The first-order chi connectivity index (χ1) is 6.13. The Labute approximate surface area is 78.8 Å². The van der Waals surface area contributed by atoms with E-state index in [0.717, 1.165) is 25.6 Å². The molecule has 0 aliphatic carbocycles. The monoisotopic (exact) mass is 187 g/mol. The van der Waals surface area contributed by atoms with Crippen LogP contribution in [0.4, 0.5) is 0 Å². The SMILES string of the molecule is CCCC[NH2+]C(C)[C@@H](C=N)C(=O)O. The lowest BCUT2D eigenvalue weighted by atomic mass is 10.0. The molecule has 0 aromatic rings. The van der Waals surface area contributed by atoms with Crippen LogP contribution >= 0.6 is 0 Å². The molecular weight excluding hydrogens is 168 g/mol. The zero-order valence-electron chi connectivity index (χ0n) is 8.29. The third-order valence-electron chi connectivity index (χ3n) is 2.13. The molecule has 0 amide bonds. The lowest BCUT2D eigenvalue weighted by Gasteiger charge is -2.14. The minimum Gasteiger partial charge on any atom is -0.481 e. The molecule has 1 unspecified atom stereocenters. The van der Waals surface area contributed by atoms with Gasteiger partial charge in [-0.25, -0.2) is 0 Å². The molecule has 0 aromatic carbocycles. The van der Waals surface area contributed by atoms with Gasteiger partial charge in [-0.05, 0) is 13.3 Å². The number of unbranched alkanes of at least 4 members (excludes halogenated alkanes) is 1. The molecule has 4 N–H and O–H groups in total. The molecule has 0 fully saturated rings. The third-order valence-corrected chi connectivity index (χ3v) is 2.13. The molecule has 0 aliphatic rings. The van der Waals surface area contributed by atoms with Crippen molar-refractivity contribution in [1.82, 2.24) is 0 Å². The third kappa shape index (κ3) is 4.62. The van der Waals surface area contributed by atoms with E-state index in [1.165, 1.54) is 0 Å². The van der Waals surface area contributed by atoms with Gasteiger partial charge < -0.3 is 15.8 Å². The molecule has 0 aromatic heterocycles. The van der Waals surface area contributed by atoms with E-state index in [1.807, 2.05) is 12.2 Å². The highest BCUT2D eigenvalue weighted by Gasteiger charge is 2.24. The minimum absolute atomic E-state index is 0.0402. The van der Waals surface area contributed by atoms with Crippen LogP contribution in [0.15, 0.2) is 0 Å². The Balaban J connectivity index is 3.84. The first-order valence-electron chi connectivity index (χ1n) is 4.70. The first-order valence-corrected chi connectivity index (χ1v) is 4.70. The smallest absolute Gasteiger partial charge is 0.318 e. The Morgan fingerprint density at radius 3 is 2.69 bits per heavy atom. The van der Waals surface area contributed by atoms with E-state index >= 15 is 0 Å². The fourth-order valence-corrected chi connectivity index (χ4v) is 1.18. The normalized spacial score (nSPS) is 14.9. The number of aliphatic carboxylic acids is 1. The van der Waals surface area contributed by atoms with Crippen molar-refractivity contribution in [2.45, 2.75) is 32.7 Å². The number of hydrogen-bond acceptors (Lipinski definition) is 2. The van der Waals surface area contributed by atoms with Crippen molar-refractivity contribution >= 4 is 12.2 Å². The quantitative estimate of drug-likeness (QED) is 0.390. The number of carboxylic acids is 1. The summed E-state index contributed by atoms with van der Waals surface area (Å²) in [5, 5.41) is 17.7. The predicted octanol–water partition coefficient (Wildman–Crippen LogP) is 0.0888. The molecule has 0 heterocycles. The van der Waals surface area contributed by atoms with Crippen LogP contribution in [0.5, 0.6) is 0 Å². The van der Waals surface area contributed by atoms with Gasteiger partial charge >= 0.3 is 5.97 Å². The molecule has 0 spiro atoms. The van der Waals surface area contributed by atoms with Gasteiger partial charge in [0.25, 0.3) is 0 Å². The molecular formula is C9H19N2O2+. The van der Waals surface area contributed by atoms with E-state index in [2.05, 4.69) is 6.92 Å². The number of nitrogens with one attached hydrogen (secondary N) is 1. The highest BCUT2D eigenvalue weighted by atomic mass is 16.4. The zero-order valence-corrected chi connectivity index (χ0v) is 8.29. The topological polar surface area (TPSA) is 77.8 Å². The van der Waals surface area contributed by atoms with Gasteiger partial charge in [-0.15, -0.1) is 0 Å². The maximum Gasteiger partial charge on any atom is 0.318 e. The molecule has 76 valence electrons. The molecule has 4 nitrogen and oxygen atoms in total. The summed E-state index contributed by atoms with van der Waals surface area (Å²) in [5.74, 6) is -1.56. The Morgan fingerprint density at radius 1 is 1.69 bits per heavy atom. The summed E-state index contributed by atoms with van der Waals surface area (Å²) in [6.07, 6.45) is 3.22. The van der Waals surface area contributed by atoms with Crippen LogP contribution in [0.3, 0.4) is 0 Å². The molecule has 4 heteroatoms. The summed E-state index contributed by atoms with van der Waals surface area (Å²) in [4.78, 5) is 10.6. The number of carbonyl (C=O) groups is 1. The fraction of sp³-hybridized carbons (Fsp3) is 0.778. The molecule has 0 saturated carbocycles. The van der Waals surface area contributed by atoms with Crippen LogP contribution in [0, 0.1) is 11.3 Å². The average Bonchev–Trinajstić information content (AvgIpc) is 2.05. The van der Waals surface area contributed by atoms with Gasteiger partial charge in [0.05, 0.1) is 6.54 Å². The maximum atomic E-state index is 10.6. The summed E-state index contributed by atoms with van der Waals surface area (Å²) in [7, 11) is 0. The zero-order chi connectivity index (χ0) is 10.3. The number of hydrogen-bond donors (Lipinski definition) is 3. The van der Waals surface area contributed by atoms with Gasteiger partial charge in [0.15, 0.2) is 0 Å². The minimum atomic E-state index is -0.907. The lowest BCUT2D eigenvalue weighted by molar-refractivity contribution is -0.688. The summed E-state index contributed by atoms with van der Waals surface area (Å²) >= 11 is 0. The Bertz CT molecular complexity index is 171. The number of quaternary nitrogens is 1. The second-order valence-corrected chi connectivity index (χ2v) is 3.27.